The molecule has 0 saturated heterocycles. The average Bonchev–Trinajstić information content (AvgIpc) is 2.96. The molecule has 3 aromatic rings. The minimum Gasteiger partial charge on any atom is -0.385 e. The highest BCUT2D eigenvalue weighted by Crippen LogP contribution is 2.19. The van der Waals surface area contributed by atoms with Crippen LogP contribution in [0.4, 0.5) is 0 Å². The first-order chi connectivity index (χ1) is 19.0. The predicted octanol–water partition coefficient (Wildman–Crippen LogP) is 2.98. The van der Waals surface area contributed by atoms with Crippen molar-refractivity contribution in [1.29, 1.82) is 0 Å². The molecule has 39 heavy (non-hydrogen) atoms. The number of rotatable bonds is 12. The second kappa shape index (κ2) is 13.7. The third-order valence-electron chi connectivity index (χ3n) is 6.95. The number of ether oxygens (including phenoxy) is 1. The highest BCUT2D eigenvalue weighted by Gasteiger charge is 2.16. The molecule has 0 saturated carbocycles. The number of aromatic nitrogens is 2. The second-order valence-electron chi connectivity index (χ2n) is 9.78. The number of carbonyl (C=O) groups excluding carboxylic acids is 2. The van der Waals surface area contributed by atoms with Crippen LogP contribution in [0.5, 0.6) is 0 Å². The number of nitrogens with zero attached hydrogens (tertiary/aromatic N) is 2. The molecular weight excluding hydrogens is 496 g/mol. The third kappa shape index (κ3) is 7.32. The van der Waals surface area contributed by atoms with Crippen molar-refractivity contribution >= 4 is 22.7 Å². The van der Waals surface area contributed by atoms with Gasteiger partial charge in [-0.15, -0.1) is 0 Å². The Hall–Kier alpha value is -3.98. The van der Waals surface area contributed by atoms with E-state index >= 15 is 0 Å². The molecule has 1 aromatic heterocycles. The van der Waals surface area contributed by atoms with Crippen LogP contribution < -0.4 is 21.9 Å². The lowest BCUT2D eigenvalue weighted by molar-refractivity contribution is -0.121. The zero-order chi connectivity index (χ0) is 27.6. The van der Waals surface area contributed by atoms with E-state index in [1.54, 1.807) is 55.6 Å². The fourth-order valence-electron chi connectivity index (χ4n) is 4.82. The van der Waals surface area contributed by atoms with Crippen LogP contribution in [0.1, 0.15) is 54.4 Å². The van der Waals surface area contributed by atoms with Gasteiger partial charge in [-0.05, 0) is 68.4 Å². The number of carbonyl (C=O) groups is 2. The molecule has 0 spiro atoms. The second-order valence-corrected chi connectivity index (χ2v) is 9.78. The minimum atomic E-state index is -0.552. The van der Waals surface area contributed by atoms with E-state index in [0.717, 1.165) is 23.8 Å². The maximum absolute atomic E-state index is 13.5. The molecule has 2 N–H and O–H groups in total. The van der Waals surface area contributed by atoms with Crippen LogP contribution in [0.25, 0.3) is 10.9 Å². The molecule has 206 valence electrons. The van der Waals surface area contributed by atoms with Crippen LogP contribution in [0.2, 0.25) is 0 Å². The topological polar surface area (TPSA) is 111 Å². The number of para-hydroxylation sites is 1. The van der Waals surface area contributed by atoms with E-state index < -0.39 is 11.2 Å². The summed E-state index contributed by atoms with van der Waals surface area (Å²) in [7, 11) is 1.61. The Labute approximate surface area is 227 Å². The molecule has 4 rings (SSSR count). The van der Waals surface area contributed by atoms with Gasteiger partial charge < -0.3 is 15.4 Å². The maximum atomic E-state index is 13.5. The monoisotopic (exact) mass is 532 g/mol. The summed E-state index contributed by atoms with van der Waals surface area (Å²) < 4.78 is 7.48. The van der Waals surface area contributed by atoms with Gasteiger partial charge in [0.15, 0.2) is 0 Å². The highest BCUT2D eigenvalue weighted by molar-refractivity contribution is 5.94. The molecule has 9 heteroatoms. The molecule has 0 bridgehead atoms. The van der Waals surface area contributed by atoms with Gasteiger partial charge in [-0.1, -0.05) is 35.9 Å². The van der Waals surface area contributed by atoms with Gasteiger partial charge in [-0.2, -0.15) is 0 Å². The van der Waals surface area contributed by atoms with E-state index in [9.17, 15) is 19.2 Å². The summed E-state index contributed by atoms with van der Waals surface area (Å²) >= 11 is 0. The average molecular weight is 533 g/mol. The van der Waals surface area contributed by atoms with Gasteiger partial charge in [0.1, 0.15) is 6.54 Å². The molecule has 0 unspecified atom stereocenters. The molecule has 2 amide bonds. The molecule has 0 aliphatic heterocycles. The summed E-state index contributed by atoms with van der Waals surface area (Å²) in [4.78, 5) is 51.9. The maximum Gasteiger partial charge on any atom is 0.332 e. The molecule has 0 fully saturated rings. The summed E-state index contributed by atoms with van der Waals surface area (Å²) in [5, 5.41) is 6.12. The molecule has 1 aliphatic carbocycles. The van der Waals surface area contributed by atoms with Crippen molar-refractivity contribution in [3.05, 3.63) is 92.1 Å². The summed E-state index contributed by atoms with van der Waals surface area (Å²) in [6, 6.07) is 13.6. The molecule has 0 atom stereocenters. The quantitative estimate of drug-likeness (QED) is 0.275. The van der Waals surface area contributed by atoms with Gasteiger partial charge in [0.2, 0.25) is 5.91 Å². The van der Waals surface area contributed by atoms with Crippen LogP contribution in [0, 0.1) is 0 Å². The largest absolute Gasteiger partial charge is 0.385 e. The van der Waals surface area contributed by atoms with Crippen molar-refractivity contribution in [1.82, 2.24) is 19.8 Å². The normalized spacial score (nSPS) is 13.2. The van der Waals surface area contributed by atoms with Crippen LogP contribution in [0.3, 0.4) is 0 Å². The third-order valence-corrected chi connectivity index (χ3v) is 6.95. The standard InChI is InChI=1S/C30H36N4O5/c1-39-19-7-17-32-28(36)24-14-12-23(13-15-24)20-34-29(37)25-10-5-6-11-26(25)33(30(34)38)21-27(35)31-18-16-22-8-3-2-4-9-22/h5-6,8,10-15H,2-4,7,9,16-21H2,1H3,(H,31,35)(H,32,36). The number of benzene rings is 2. The lowest BCUT2D eigenvalue weighted by Crippen LogP contribution is -2.43. The Kier molecular flexibility index (Phi) is 9.85. The molecule has 2 aromatic carbocycles. The van der Waals surface area contributed by atoms with Crippen LogP contribution >= 0.6 is 0 Å². The van der Waals surface area contributed by atoms with Crippen molar-refractivity contribution in [2.24, 2.45) is 0 Å². The van der Waals surface area contributed by atoms with Gasteiger partial charge in [0.05, 0.1) is 17.4 Å². The Bertz CT molecular complexity index is 1450. The fourth-order valence-corrected chi connectivity index (χ4v) is 4.82. The van der Waals surface area contributed by atoms with Crippen molar-refractivity contribution in [2.75, 3.05) is 26.8 Å². The van der Waals surface area contributed by atoms with Gasteiger partial charge in [0.25, 0.3) is 11.5 Å². The Morgan fingerprint density at radius 1 is 0.949 bits per heavy atom. The van der Waals surface area contributed by atoms with E-state index in [2.05, 4.69) is 16.7 Å². The summed E-state index contributed by atoms with van der Waals surface area (Å²) in [6.07, 6.45) is 8.35. The zero-order valence-electron chi connectivity index (χ0n) is 22.4. The lowest BCUT2D eigenvalue weighted by Gasteiger charge is -2.15. The Morgan fingerprint density at radius 3 is 2.49 bits per heavy atom. The molecule has 9 nitrogen and oxygen atoms in total. The predicted molar refractivity (Wildman–Crippen MR) is 151 cm³/mol. The zero-order valence-corrected chi connectivity index (χ0v) is 22.4. The number of nitrogens with one attached hydrogen (secondary N) is 2. The lowest BCUT2D eigenvalue weighted by atomic mass is 9.97. The van der Waals surface area contributed by atoms with Crippen molar-refractivity contribution < 1.29 is 14.3 Å². The smallest absolute Gasteiger partial charge is 0.332 e. The van der Waals surface area contributed by atoms with Gasteiger partial charge in [-0.25, -0.2) is 4.79 Å². The van der Waals surface area contributed by atoms with E-state index in [1.807, 2.05) is 0 Å². The van der Waals surface area contributed by atoms with Gasteiger partial charge in [0, 0.05) is 32.4 Å². The van der Waals surface area contributed by atoms with E-state index in [0.29, 0.717) is 48.1 Å². The Balaban J connectivity index is 1.50. The number of amides is 2. The number of methoxy groups -OCH3 is 1. The fraction of sp³-hybridized carbons (Fsp3) is 0.400. The van der Waals surface area contributed by atoms with E-state index in [1.165, 1.54) is 23.0 Å². The summed E-state index contributed by atoms with van der Waals surface area (Å²) in [5.41, 5.74) is 2.00. The first-order valence-electron chi connectivity index (χ1n) is 13.5. The van der Waals surface area contributed by atoms with E-state index in [4.69, 9.17) is 4.74 Å². The molecule has 1 aliphatic rings. The van der Waals surface area contributed by atoms with Gasteiger partial charge in [-0.3, -0.25) is 23.5 Å². The summed E-state index contributed by atoms with van der Waals surface area (Å²) in [5.74, 6) is -0.474. The number of hydrogen-bond acceptors (Lipinski definition) is 5. The van der Waals surface area contributed by atoms with Crippen molar-refractivity contribution in [2.45, 2.75) is 51.6 Å². The SMILES string of the molecule is COCCCNC(=O)c1ccc(Cn2c(=O)c3ccccc3n(CC(=O)NCCC3=CCCCC3)c2=O)cc1. The molecule has 1 heterocycles. The Morgan fingerprint density at radius 2 is 1.74 bits per heavy atom. The highest BCUT2D eigenvalue weighted by atomic mass is 16.5. The van der Waals surface area contributed by atoms with Crippen LogP contribution in [-0.4, -0.2) is 47.8 Å². The van der Waals surface area contributed by atoms with Crippen LogP contribution in [0.15, 0.2) is 69.8 Å². The van der Waals surface area contributed by atoms with Crippen molar-refractivity contribution in [3.63, 3.8) is 0 Å². The van der Waals surface area contributed by atoms with Crippen LogP contribution in [-0.2, 0) is 22.6 Å². The first kappa shape index (κ1) is 28.0. The van der Waals surface area contributed by atoms with Gasteiger partial charge >= 0.3 is 5.69 Å². The first-order valence-corrected chi connectivity index (χ1v) is 13.5. The molecular formula is C30H36N4O5. The minimum absolute atomic E-state index is 0.0218. The molecule has 0 radical (unpaired) electrons. The van der Waals surface area contributed by atoms with E-state index in [-0.39, 0.29) is 24.9 Å². The summed E-state index contributed by atoms with van der Waals surface area (Å²) in [6.45, 7) is 1.43. The number of hydrogen-bond donors (Lipinski definition) is 2. The van der Waals surface area contributed by atoms with Crippen molar-refractivity contribution in [3.8, 4) is 0 Å². The number of allylic oxidation sites excluding steroid dienone is 1. The number of fused-ring (bicyclic) bond motifs is 1.